The number of carboxylic acids is 1. The topological polar surface area (TPSA) is 60.4 Å². The van der Waals surface area contributed by atoms with Gasteiger partial charge in [-0.2, -0.15) is 0 Å². The van der Waals surface area contributed by atoms with Crippen molar-refractivity contribution in [3.63, 3.8) is 0 Å². The Morgan fingerprint density at radius 3 is 1.75 bits per heavy atom. The van der Waals surface area contributed by atoms with Gasteiger partial charge in [0.25, 0.3) is 0 Å². The molecule has 0 heterocycles. The number of hydrogen-bond acceptors (Lipinski definition) is 3. The average Bonchev–Trinajstić information content (AvgIpc) is 2.61. The first-order chi connectivity index (χ1) is 13.4. The molecule has 1 unspecified atom stereocenters. The Morgan fingerprint density at radius 1 is 0.786 bits per heavy atom. The molecule has 1 N–H and O–H groups in total. The molecule has 0 aliphatic rings. The van der Waals surface area contributed by atoms with Crippen LogP contribution in [0, 0.1) is 0 Å². The number of hydrogen-bond donors (Lipinski definition) is 1. The van der Waals surface area contributed by atoms with Gasteiger partial charge in [-0.3, -0.25) is 0 Å². The molecule has 0 saturated heterocycles. The standard InChI is InChI=1S/C24H49NO3/c1-4-5-6-7-8-9-10-11-12-13-14-16-19-23(26)22-25(2,3)21-18-15-17-20-24(27)28/h23,26H,4-22H2,1-3H3. The number of unbranched alkanes of at least 4 members (excludes halogenated alkanes) is 13. The normalized spacial score (nSPS) is 13.0. The minimum absolute atomic E-state index is 0.162. The minimum Gasteiger partial charge on any atom is -0.550 e. The first-order valence-electron chi connectivity index (χ1n) is 12.1. The van der Waals surface area contributed by atoms with E-state index in [1.807, 2.05) is 0 Å². The van der Waals surface area contributed by atoms with Crippen molar-refractivity contribution in [3.8, 4) is 0 Å². The molecule has 0 rings (SSSR count). The number of likely N-dealkylation sites (N-methyl/N-ethyl adjacent to an activating group) is 1. The molecule has 1 atom stereocenters. The predicted molar refractivity (Wildman–Crippen MR) is 117 cm³/mol. The van der Waals surface area contributed by atoms with Crippen LogP contribution in [0.25, 0.3) is 0 Å². The summed E-state index contributed by atoms with van der Waals surface area (Å²) in [6, 6.07) is 0. The van der Waals surface area contributed by atoms with Crippen LogP contribution in [-0.2, 0) is 4.79 Å². The summed E-state index contributed by atoms with van der Waals surface area (Å²) < 4.78 is 0.810. The molecule has 0 aromatic rings. The summed E-state index contributed by atoms with van der Waals surface area (Å²) in [5.41, 5.74) is 0. The van der Waals surface area contributed by atoms with Gasteiger partial charge in [-0.1, -0.05) is 84.0 Å². The molecule has 28 heavy (non-hydrogen) atoms. The molecule has 0 bridgehead atoms. The van der Waals surface area contributed by atoms with Gasteiger partial charge in [0.05, 0.1) is 20.6 Å². The third-order valence-electron chi connectivity index (χ3n) is 5.74. The molecule has 0 aliphatic heterocycles. The summed E-state index contributed by atoms with van der Waals surface area (Å²) in [6.45, 7) is 4.05. The molecular formula is C24H49NO3. The maximum absolute atomic E-state index is 10.4. The number of nitrogens with zero attached hydrogens (tertiary/aromatic N) is 1. The molecule has 0 aromatic heterocycles. The highest BCUT2D eigenvalue weighted by molar-refractivity contribution is 5.63. The van der Waals surface area contributed by atoms with E-state index in [0.29, 0.717) is 6.42 Å². The second-order valence-corrected chi connectivity index (χ2v) is 9.36. The fraction of sp³-hybridized carbons (Fsp3) is 0.958. The fourth-order valence-corrected chi connectivity index (χ4v) is 3.96. The number of carbonyl (C=O) groups excluding carboxylic acids is 1. The van der Waals surface area contributed by atoms with Gasteiger partial charge in [0.1, 0.15) is 12.6 Å². The van der Waals surface area contributed by atoms with Crippen LogP contribution in [-0.4, -0.2) is 48.8 Å². The zero-order valence-corrected chi connectivity index (χ0v) is 19.2. The zero-order chi connectivity index (χ0) is 21.1. The number of carbonyl (C=O) groups is 1. The van der Waals surface area contributed by atoms with E-state index in [1.165, 1.54) is 70.6 Å². The second kappa shape index (κ2) is 18.4. The van der Waals surface area contributed by atoms with E-state index in [9.17, 15) is 15.0 Å². The van der Waals surface area contributed by atoms with Crippen LogP contribution in [0.15, 0.2) is 0 Å². The number of aliphatic carboxylic acids is 1. The average molecular weight is 400 g/mol. The third kappa shape index (κ3) is 20.1. The lowest BCUT2D eigenvalue weighted by Crippen LogP contribution is -2.46. The summed E-state index contributed by atoms with van der Waals surface area (Å²) >= 11 is 0. The largest absolute Gasteiger partial charge is 0.550 e. The second-order valence-electron chi connectivity index (χ2n) is 9.36. The predicted octanol–water partition coefficient (Wildman–Crippen LogP) is 4.83. The van der Waals surface area contributed by atoms with E-state index in [0.717, 1.165) is 43.3 Å². The highest BCUT2D eigenvalue weighted by atomic mass is 16.4. The van der Waals surface area contributed by atoms with Gasteiger partial charge in [0, 0.05) is 5.97 Å². The van der Waals surface area contributed by atoms with E-state index in [4.69, 9.17) is 0 Å². The quantitative estimate of drug-likeness (QED) is 0.222. The maximum atomic E-state index is 10.4. The van der Waals surface area contributed by atoms with Gasteiger partial charge in [-0.05, 0) is 32.1 Å². The molecule has 4 heteroatoms. The van der Waals surface area contributed by atoms with Gasteiger partial charge < -0.3 is 19.5 Å². The first-order valence-corrected chi connectivity index (χ1v) is 12.1. The summed E-state index contributed by atoms with van der Waals surface area (Å²) in [4.78, 5) is 10.4. The van der Waals surface area contributed by atoms with Crippen LogP contribution in [0.4, 0.5) is 0 Å². The summed E-state index contributed by atoms with van der Waals surface area (Å²) in [5.74, 6) is -0.952. The Bertz CT molecular complexity index is 358. The molecule has 0 aliphatic carbocycles. The summed E-state index contributed by atoms with van der Waals surface area (Å²) in [5, 5.41) is 20.7. The van der Waals surface area contributed by atoms with Crippen molar-refractivity contribution in [1.82, 2.24) is 0 Å². The summed E-state index contributed by atoms with van der Waals surface area (Å²) in [7, 11) is 4.31. The van der Waals surface area contributed by atoms with E-state index in [1.54, 1.807) is 0 Å². The number of quaternary nitrogens is 1. The molecule has 4 nitrogen and oxygen atoms in total. The van der Waals surface area contributed by atoms with Crippen molar-refractivity contribution in [3.05, 3.63) is 0 Å². The Morgan fingerprint density at radius 2 is 1.25 bits per heavy atom. The number of rotatable bonds is 21. The van der Waals surface area contributed by atoms with Crippen LogP contribution in [0.3, 0.4) is 0 Å². The SMILES string of the molecule is CCCCCCCCCCCCCCC(O)C[N+](C)(C)CCCCCC(=O)[O-]. The van der Waals surface area contributed by atoms with Crippen LogP contribution in [0.2, 0.25) is 0 Å². The van der Waals surface area contributed by atoms with Crippen molar-refractivity contribution in [2.24, 2.45) is 0 Å². The van der Waals surface area contributed by atoms with Crippen LogP contribution in [0.5, 0.6) is 0 Å². The fourth-order valence-electron chi connectivity index (χ4n) is 3.96. The van der Waals surface area contributed by atoms with E-state index >= 15 is 0 Å². The van der Waals surface area contributed by atoms with Crippen LogP contribution < -0.4 is 5.11 Å². The van der Waals surface area contributed by atoms with Crippen molar-refractivity contribution < 1.29 is 19.5 Å². The molecule has 168 valence electrons. The van der Waals surface area contributed by atoms with E-state index < -0.39 is 5.97 Å². The molecule has 0 radical (unpaired) electrons. The van der Waals surface area contributed by atoms with Gasteiger partial charge >= 0.3 is 0 Å². The van der Waals surface area contributed by atoms with Gasteiger partial charge in [-0.25, -0.2) is 0 Å². The number of aliphatic hydroxyl groups is 1. The first kappa shape index (κ1) is 27.4. The van der Waals surface area contributed by atoms with Crippen LogP contribution in [0.1, 0.15) is 116 Å². The minimum atomic E-state index is -0.952. The molecule has 0 fully saturated rings. The van der Waals surface area contributed by atoms with Crippen molar-refractivity contribution in [2.75, 3.05) is 27.2 Å². The number of carboxylic acid groups (broad SMARTS) is 1. The zero-order valence-electron chi connectivity index (χ0n) is 19.2. The molecule has 0 saturated carbocycles. The molecular weight excluding hydrogens is 350 g/mol. The molecule has 0 amide bonds. The third-order valence-corrected chi connectivity index (χ3v) is 5.74. The lowest BCUT2D eigenvalue weighted by atomic mass is 10.0. The summed E-state index contributed by atoms with van der Waals surface area (Å²) in [6.07, 6.45) is 19.6. The Balaban J connectivity index is 3.47. The number of aliphatic hydroxyl groups excluding tert-OH is 1. The van der Waals surface area contributed by atoms with Crippen molar-refractivity contribution in [2.45, 2.75) is 122 Å². The highest BCUT2D eigenvalue weighted by Crippen LogP contribution is 2.14. The maximum Gasteiger partial charge on any atom is 0.105 e. The van der Waals surface area contributed by atoms with Crippen molar-refractivity contribution in [1.29, 1.82) is 0 Å². The lowest BCUT2D eigenvalue weighted by Gasteiger charge is -2.32. The Kier molecular flexibility index (Phi) is 18.0. The Labute approximate surface area is 175 Å². The van der Waals surface area contributed by atoms with Gasteiger partial charge in [0.15, 0.2) is 0 Å². The monoisotopic (exact) mass is 399 g/mol. The van der Waals surface area contributed by atoms with Crippen molar-refractivity contribution >= 4 is 5.97 Å². The van der Waals surface area contributed by atoms with E-state index in [2.05, 4.69) is 21.0 Å². The molecule has 0 aromatic carbocycles. The lowest BCUT2D eigenvalue weighted by molar-refractivity contribution is -0.893. The smallest absolute Gasteiger partial charge is 0.105 e. The van der Waals surface area contributed by atoms with Gasteiger partial charge in [0.2, 0.25) is 0 Å². The van der Waals surface area contributed by atoms with Crippen LogP contribution >= 0.6 is 0 Å². The highest BCUT2D eigenvalue weighted by Gasteiger charge is 2.19. The molecule has 0 spiro atoms. The Hall–Kier alpha value is -0.610. The van der Waals surface area contributed by atoms with Gasteiger partial charge in [-0.15, -0.1) is 0 Å². The van der Waals surface area contributed by atoms with E-state index in [-0.39, 0.29) is 12.5 Å².